The molecule has 9 heteroatoms. The number of amides is 1. The summed E-state index contributed by atoms with van der Waals surface area (Å²) in [5, 5.41) is 14.2. The first-order chi connectivity index (χ1) is 16.6. The molecule has 4 atom stereocenters. The summed E-state index contributed by atoms with van der Waals surface area (Å²) >= 11 is 6.01. The van der Waals surface area contributed by atoms with Crippen molar-refractivity contribution in [2.45, 2.75) is 69.6 Å². The predicted molar refractivity (Wildman–Crippen MR) is 133 cm³/mol. The molecule has 5 rings (SSSR count). The van der Waals surface area contributed by atoms with Crippen LogP contribution in [-0.4, -0.2) is 63.6 Å². The van der Waals surface area contributed by atoms with Gasteiger partial charge in [-0.3, -0.25) is 4.79 Å². The molecule has 2 aliphatic heterocycles. The summed E-state index contributed by atoms with van der Waals surface area (Å²) in [7, 11) is 0. The molecule has 188 valence electrons. The summed E-state index contributed by atoms with van der Waals surface area (Å²) in [6.07, 6.45) is 3.34. The van der Waals surface area contributed by atoms with Crippen LogP contribution in [0.15, 0.2) is 24.5 Å². The fraction of sp³-hybridized carbons (Fsp3) is 0.577. The molecule has 1 aliphatic carbocycles. The summed E-state index contributed by atoms with van der Waals surface area (Å²) in [5.41, 5.74) is 2.03. The first-order valence-corrected chi connectivity index (χ1v) is 12.8. The Morgan fingerprint density at radius 2 is 2.00 bits per heavy atom. The van der Waals surface area contributed by atoms with Crippen LogP contribution in [0.25, 0.3) is 0 Å². The van der Waals surface area contributed by atoms with E-state index in [1.165, 1.54) is 12.4 Å². The second-order valence-electron chi connectivity index (χ2n) is 10.8. The van der Waals surface area contributed by atoms with Crippen LogP contribution < -0.4 is 10.2 Å². The summed E-state index contributed by atoms with van der Waals surface area (Å²) in [6.45, 7) is 8.61. The highest BCUT2D eigenvalue weighted by Gasteiger charge is 2.42. The first-order valence-electron chi connectivity index (χ1n) is 12.4. The molecule has 2 fully saturated rings. The van der Waals surface area contributed by atoms with Gasteiger partial charge in [0.2, 0.25) is 5.91 Å². The Labute approximate surface area is 210 Å². The van der Waals surface area contributed by atoms with E-state index in [9.17, 15) is 9.90 Å². The second kappa shape index (κ2) is 9.30. The molecule has 0 spiro atoms. The summed E-state index contributed by atoms with van der Waals surface area (Å²) in [5.74, 6) is -0.0718. The number of carbonyl (C=O) groups excluding carboxylic acids is 1. The number of carbonyl (C=O) groups is 1. The van der Waals surface area contributed by atoms with Crippen molar-refractivity contribution in [1.82, 2.24) is 20.2 Å². The number of aliphatic hydroxyl groups excluding tert-OH is 1. The van der Waals surface area contributed by atoms with E-state index >= 15 is 4.39 Å². The van der Waals surface area contributed by atoms with E-state index in [2.05, 4.69) is 41.0 Å². The van der Waals surface area contributed by atoms with Crippen LogP contribution in [0, 0.1) is 5.82 Å². The number of piperazine rings is 1. The Balaban J connectivity index is 1.36. The SMILES string of the molecule is C[C@@H]1C[C@@H](O)c2ncnc(N3CCN(C(=O)C(c4ccc(Cl)cc4F)[C@@H]4CCC(C)(C)N4)CC3)c21. The Kier molecular flexibility index (Phi) is 6.48. The number of nitrogens with one attached hydrogen (secondary N) is 1. The van der Waals surface area contributed by atoms with Crippen LogP contribution in [0.2, 0.25) is 5.02 Å². The number of halogens is 2. The molecule has 3 heterocycles. The standard InChI is InChI=1S/C26H33ClFN5O2/c1-15-12-20(34)23-21(15)24(30-14-29-23)32-8-10-33(11-9-32)25(35)22(19-6-7-26(2,3)31-19)17-5-4-16(27)13-18(17)28/h4-5,13-15,19-20,22,31,34H,6-12H2,1-3H3/t15-,19+,20-,22?/m1/s1. The fourth-order valence-corrected chi connectivity index (χ4v) is 6.14. The van der Waals surface area contributed by atoms with Crippen molar-refractivity contribution in [3.63, 3.8) is 0 Å². The van der Waals surface area contributed by atoms with Crippen molar-refractivity contribution in [2.24, 2.45) is 0 Å². The number of fused-ring (bicyclic) bond motifs is 1. The largest absolute Gasteiger partial charge is 0.387 e. The highest BCUT2D eigenvalue weighted by molar-refractivity contribution is 6.30. The number of hydrogen-bond donors (Lipinski definition) is 2. The van der Waals surface area contributed by atoms with E-state index < -0.39 is 17.8 Å². The van der Waals surface area contributed by atoms with E-state index in [1.54, 1.807) is 12.1 Å². The van der Waals surface area contributed by atoms with Gasteiger partial charge in [-0.25, -0.2) is 14.4 Å². The van der Waals surface area contributed by atoms with Crippen molar-refractivity contribution >= 4 is 23.3 Å². The number of aromatic nitrogens is 2. The van der Waals surface area contributed by atoms with Crippen LogP contribution >= 0.6 is 11.6 Å². The van der Waals surface area contributed by atoms with Gasteiger partial charge in [0.15, 0.2) is 0 Å². The van der Waals surface area contributed by atoms with Crippen LogP contribution in [0.4, 0.5) is 10.2 Å². The fourth-order valence-electron chi connectivity index (χ4n) is 5.98. The maximum absolute atomic E-state index is 15.0. The number of rotatable bonds is 4. The first kappa shape index (κ1) is 24.4. The molecule has 7 nitrogen and oxygen atoms in total. The third-order valence-corrected chi connectivity index (χ3v) is 8.03. The average Bonchev–Trinajstić information content (AvgIpc) is 3.33. The van der Waals surface area contributed by atoms with Gasteiger partial charge in [0.05, 0.1) is 17.7 Å². The van der Waals surface area contributed by atoms with Gasteiger partial charge in [0, 0.05) is 53.9 Å². The van der Waals surface area contributed by atoms with Gasteiger partial charge in [-0.2, -0.15) is 0 Å². The Bertz CT molecular complexity index is 1120. The third kappa shape index (κ3) is 4.63. The van der Waals surface area contributed by atoms with Crippen LogP contribution in [0.5, 0.6) is 0 Å². The van der Waals surface area contributed by atoms with Crippen molar-refractivity contribution < 1.29 is 14.3 Å². The Morgan fingerprint density at radius 3 is 2.66 bits per heavy atom. The zero-order valence-corrected chi connectivity index (χ0v) is 21.2. The van der Waals surface area contributed by atoms with Crippen molar-refractivity contribution in [2.75, 3.05) is 31.1 Å². The Morgan fingerprint density at radius 1 is 1.26 bits per heavy atom. The second-order valence-corrected chi connectivity index (χ2v) is 11.2. The number of nitrogens with zero attached hydrogens (tertiary/aromatic N) is 4. The van der Waals surface area contributed by atoms with Gasteiger partial charge in [-0.05, 0) is 51.2 Å². The number of anilines is 1. The minimum absolute atomic E-state index is 0.0576. The zero-order valence-electron chi connectivity index (χ0n) is 20.5. The lowest BCUT2D eigenvalue weighted by molar-refractivity contribution is -0.133. The number of hydrogen-bond acceptors (Lipinski definition) is 6. The monoisotopic (exact) mass is 501 g/mol. The van der Waals surface area contributed by atoms with Crippen LogP contribution in [0.3, 0.4) is 0 Å². The lowest BCUT2D eigenvalue weighted by Gasteiger charge is -2.39. The number of benzene rings is 1. The summed E-state index contributed by atoms with van der Waals surface area (Å²) in [4.78, 5) is 26.7. The van der Waals surface area contributed by atoms with Crippen molar-refractivity contribution in [3.8, 4) is 0 Å². The molecule has 0 saturated carbocycles. The summed E-state index contributed by atoms with van der Waals surface area (Å²) in [6, 6.07) is 4.46. The molecule has 0 bridgehead atoms. The van der Waals surface area contributed by atoms with Gasteiger partial charge >= 0.3 is 0 Å². The van der Waals surface area contributed by atoms with E-state index in [4.69, 9.17) is 11.6 Å². The molecule has 35 heavy (non-hydrogen) atoms. The molecule has 2 aromatic rings. The van der Waals surface area contributed by atoms with Gasteiger partial charge in [0.25, 0.3) is 0 Å². The van der Waals surface area contributed by atoms with Crippen molar-refractivity contribution in [1.29, 1.82) is 0 Å². The maximum Gasteiger partial charge on any atom is 0.231 e. The quantitative estimate of drug-likeness (QED) is 0.663. The van der Waals surface area contributed by atoms with Gasteiger partial charge in [-0.1, -0.05) is 24.6 Å². The Hall–Kier alpha value is -2.29. The molecule has 1 aromatic carbocycles. The van der Waals surface area contributed by atoms with Crippen LogP contribution in [-0.2, 0) is 4.79 Å². The van der Waals surface area contributed by atoms with Gasteiger partial charge in [-0.15, -0.1) is 0 Å². The zero-order chi connectivity index (χ0) is 24.9. The predicted octanol–water partition coefficient (Wildman–Crippen LogP) is 3.77. The normalized spacial score (nSPS) is 26.6. The lowest BCUT2D eigenvalue weighted by Crippen LogP contribution is -2.53. The average molecular weight is 502 g/mol. The van der Waals surface area contributed by atoms with E-state index in [0.29, 0.717) is 48.9 Å². The third-order valence-electron chi connectivity index (χ3n) is 7.79. The van der Waals surface area contributed by atoms with Gasteiger partial charge < -0.3 is 20.2 Å². The molecular weight excluding hydrogens is 469 g/mol. The molecular formula is C26H33ClFN5O2. The van der Waals surface area contributed by atoms with E-state index in [1.807, 2.05) is 4.90 Å². The smallest absolute Gasteiger partial charge is 0.231 e. The minimum atomic E-state index is -0.612. The van der Waals surface area contributed by atoms with E-state index in [-0.39, 0.29) is 23.4 Å². The molecule has 3 aliphatic rings. The number of aliphatic hydroxyl groups is 1. The molecule has 0 radical (unpaired) electrons. The van der Waals surface area contributed by atoms with Gasteiger partial charge in [0.1, 0.15) is 18.0 Å². The maximum atomic E-state index is 15.0. The summed E-state index contributed by atoms with van der Waals surface area (Å²) < 4.78 is 15.0. The van der Waals surface area contributed by atoms with Crippen molar-refractivity contribution in [3.05, 3.63) is 52.2 Å². The molecule has 2 saturated heterocycles. The molecule has 1 amide bonds. The van der Waals surface area contributed by atoms with E-state index in [0.717, 1.165) is 24.2 Å². The highest BCUT2D eigenvalue weighted by atomic mass is 35.5. The van der Waals surface area contributed by atoms with Crippen LogP contribution in [0.1, 0.15) is 74.8 Å². The molecule has 1 unspecified atom stereocenters. The molecule has 2 N–H and O–H groups in total. The topological polar surface area (TPSA) is 81.6 Å². The lowest BCUT2D eigenvalue weighted by atomic mass is 9.88. The minimum Gasteiger partial charge on any atom is -0.387 e. The molecule has 1 aromatic heterocycles. The highest BCUT2D eigenvalue weighted by Crippen LogP contribution is 2.43.